The second-order valence-electron chi connectivity index (χ2n) is 7.02. The predicted molar refractivity (Wildman–Crippen MR) is 109 cm³/mol. The minimum Gasteiger partial charge on any atom is -0.343 e. The normalized spacial score (nSPS) is 11.2. The van der Waals surface area contributed by atoms with E-state index >= 15 is 0 Å². The molecule has 1 N–H and O–H groups in total. The third kappa shape index (κ3) is 4.09. The summed E-state index contributed by atoms with van der Waals surface area (Å²) in [7, 11) is 0. The Labute approximate surface area is 159 Å². The number of halogens is 1. The highest BCUT2D eigenvalue weighted by atomic mass is 19.1. The maximum Gasteiger partial charge on any atom is 0.123 e. The molecule has 0 aliphatic carbocycles. The standard InChI is InChI=1S/C24H23FN2/c1-18-6-8-19(9-7-18)14-26-15-21-17-27(24-5-3-2-4-23(21)24)16-20-10-12-22(25)13-11-20/h2-13,17,26H,14-16H2,1H3. The van der Waals surface area contributed by atoms with Crippen molar-refractivity contribution in [2.45, 2.75) is 26.6 Å². The van der Waals surface area contributed by atoms with E-state index in [0.29, 0.717) is 0 Å². The van der Waals surface area contributed by atoms with Gasteiger partial charge < -0.3 is 9.88 Å². The molecular formula is C24H23FN2. The van der Waals surface area contributed by atoms with Crippen molar-refractivity contribution in [1.82, 2.24) is 9.88 Å². The van der Waals surface area contributed by atoms with Gasteiger partial charge in [0.15, 0.2) is 0 Å². The highest BCUT2D eigenvalue weighted by Gasteiger charge is 2.08. The first kappa shape index (κ1) is 17.5. The van der Waals surface area contributed by atoms with Crippen LogP contribution >= 0.6 is 0 Å². The second-order valence-corrected chi connectivity index (χ2v) is 7.02. The van der Waals surface area contributed by atoms with E-state index in [0.717, 1.165) is 25.2 Å². The first-order valence-corrected chi connectivity index (χ1v) is 9.26. The number of hydrogen-bond acceptors (Lipinski definition) is 1. The maximum atomic E-state index is 13.2. The van der Waals surface area contributed by atoms with Crippen LogP contribution in [0.1, 0.15) is 22.3 Å². The van der Waals surface area contributed by atoms with Crippen molar-refractivity contribution in [3.8, 4) is 0 Å². The Balaban J connectivity index is 1.52. The van der Waals surface area contributed by atoms with E-state index in [4.69, 9.17) is 0 Å². The van der Waals surface area contributed by atoms with Gasteiger partial charge in [0.25, 0.3) is 0 Å². The first-order valence-electron chi connectivity index (χ1n) is 9.26. The summed E-state index contributed by atoms with van der Waals surface area (Å²) >= 11 is 0. The summed E-state index contributed by atoms with van der Waals surface area (Å²) in [6.45, 7) is 4.49. The van der Waals surface area contributed by atoms with E-state index < -0.39 is 0 Å². The highest BCUT2D eigenvalue weighted by Crippen LogP contribution is 2.22. The third-order valence-corrected chi connectivity index (χ3v) is 4.90. The summed E-state index contributed by atoms with van der Waals surface area (Å²) in [5, 5.41) is 4.81. The zero-order valence-corrected chi connectivity index (χ0v) is 15.5. The molecule has 0 aliphatic heterocycles. The number of rotatable bonds is 6. The lowest BCUT2D eigenvalue weighted by atomic mass is 10.1. The number of hydrogen-bond donors (Lipinski definition) is 1. The van der Waals surface area contributed by atoms with Gasteiger partial charge in [0.1, 0.15) is 5.82 Å². The van der Waals surface area contributed by atoms with Crippen LogP contribution in [-0.2, 0) is 19.6 Å². The topological polar surface area (TPSA) is 17.0 Å². The van der Waals surface area contributed by atoms with Crippen molar-refractivity contribution in [2.24, 2.45) is 0 Å². The molecule has 4 rings (SSSR count). The fraction of sp³-hybridized carbons (Fsp3) is 0.167. The van der Waals surface area contributed by atoms with Crippen LogP contribution in [0.5, 0.6) is 0 Å². The van der Waals surface area contributed by atoms with E-state index in [1.54, 1.807) is 0 Å². The van der Waals surface area contributed by atoms with Gasteiger partial charge in [-0.3, -0.25) is 0 Å². The maximum absolute atomic E-state index is 13.2. The molecule has 0 saturated heterocycles. The summed E-state index contributed by atoms with van der Waals surface area (Å²) in [6, 6.07) is 23.8. The Bertz CT molecular complexity index is 1030. The molecule has 0 aliphatic rings. The molecule has 0 bridgehead atoms. The van der Waals surface area contributed by atoms with Gasteiger partial charge in [-0.2, -0.15) is 0 Å². The largest absolute Gasteiger partial charge is 0.343 e. The highest BCUT2D eigenvalue weighted by molar-refractivity contribution is 5.84. The molecule has 0 radical (unpaired) electrons. The molecule has 0 spiro atoms. The van der Waals surface area contributed by atoms with Crippen LogP contribution < -0.4 is 5.32 Å². The summed E-state index contributed by atoms with van der Waals surface area (Å²) in [6.07, 6.45) is 2.20. The zero-order valence-electron chi connectivity index (χ0n) is 15.5. The third-order valence-electron chi connectivity index (χ3n) is 4.90. The van der Waals surface area contributed by atoms with E-state index in [9.17, 15) is 4.39 Å². The minimum absolute atomic E-state index is 0.197. The Hall–Kier alpha value is -2.91. The molecule has 136 valence electrons. The molecule has 1 aromatic heterocycles. The molecule has 0 fully saturated rings. The van der Waals surface area contributed by atoms with Crippen LogP contribution in [0, 0.1) is 12.7 Å². The molecule has 0 atom stereocenters. The predicted octanol–water partition coefficient (Wildman–Crippen LogP) is 5.43. The number of fused-ring (bicyclic) bond motifs is 1. The average Bonchev–Trinajstić information content (AvgIpc) is 3.03. The number of aryl methyl sites for hydroxylation is 1. The average molecular weight is 358 g/mol. The van der Waals surface area contributed by atoms with Crippen molar-refractivity contribution < 1.29 is 4.39 Å². The van der Waals surface area contributed by atoms with Crippen LogP contribution in [0.2, 0.25) is 0 Å². The SMILES string of the molecule is Cc1ccc(CNCc2cn(Cc3ccc(F)cc3)c3ccccc23)cc1. The van der Waals surface area contributed by atoms with Crippen molar-refractivity contribution in [2.75, 3.05) is 0 Å². The monoisotopic (exact) mass is 358 g/mol. The quantitative estimate of drug-likeness (QED) is 0.486. The molecule has 0 unspecified atom stereocenters. The van der Waals surface area contributed by atoms with Gasteiger partial charge in [-0.25, -0.2) is 4.39 Å². The van der Waals surface area contributed by atoms with E-state index in [1.807, 2.05) is 12.1 Å². The van der Waals surface area contributed by atoms with Crippen LogP contribution in [-0.4, -0.2) is 4.57 Å². The summed E-state index contributed by atoms with van der Waals surface area (Å²) in [5.41, 5.74) is 6.14. The fourth-order valence-electron chi connectivity index (χ4n) is 3.43. The smallest absolute Gasteiger partial charge is 0.123 e. The van der Waals surface area contributed by atoms with E-state index in [2.05, 4.69) is 71.5 Å². The molecule has 3 aromatic carbocycles. The Morgan fingerprint density at radius 1 is 0.815 bits per heavy atom. The first-order chi connectivity index (χ1) is 13.2. The van der Waals surface area contributed by atoms with Crippen molar-refractivity contribution in [3.05, 3.63) is 107 Å². The minimum atomic E-state index is -0.197. The van der Waals surface area contributed by atoms with Gasteiger partial charge in [-0.1, -0.05) is 60.2 Å². The number of aromatic nitrogens is 1. The molecule has 0 saturated carbocycles. The molecular weight excluding hydrogens is 335 g/mol. The van der Waals surface area contributed by atoms with E-state index in [-0.39, 0.29) is 5.82 Å². The lowest BCUT2D eigenvalue weighted by Crippen LogP contribution is -2.12. The molecule has 2 nitrogen and oxygen atoms in total. The number of para-hydroxylation sites is 1. The van der Waals surface area contributed by atoms with Crippen molar-refractivity contribution >= 4 is 10.9 Å². The Morgan fingerprint density at radius 2 is 1.52 bits per heavy atom. The van der Waals surface area contributed by atoms with Gasteiger partial charge >= 0.3 is 0 Å². The van der Waals surface area contributed by atoms with Crippen molar-refractivity contribution in [3.63, 3.8) is 0 Å². The van der Waals surface area contributed by atoms with Crippen molar-refractivity contribution in [1.29, 1.82) is 0 Å². The summed E-state index contributed by atoms with van der Waals surface area (Å²) < 4.78 is 15.4. The van der Waals surface area contributed by atoms with Gasteiger partial charge in [0.05, 0.1) is 0 Å². The molecule has 27 heavy (non-hydrogen) atoms. The van der Waals surface area contributed by atoms with Gasteiger partial charge in [-0.05, 0) is 41.8 Å². The van der Waals surface area contributed by atoms with Crippen LogP contribution in [0.15, 0.2) is 79.0 Å². The fourth-order valence-corrected chi connectivity index (χ4v) is 3.43. The lowest BCUT2D eigenvalue weighted by Gasteiger charge is -2.05. The Morgan fingerprint density at radius 3 is 2.30 bits per heavy atom. The van der Waals surface area contributed by atoms with Gasteiger partial charge in [0, 0.05) is 36.7 Å². The van der Waals surface area contributed by atoms with Crippen LogP contribution in [0.25, 0.3) is 10.9 Å². The summed E-state index contributed by atoms with van der Waals surface area (Å²) in [5.74, 6) is -0.197. The molecule has 3 heteroatoms. The van der Waals surface area contributed by atoms with Gasteiger partial charge in [-0.15, -0.1) is 0 Å². The molecule has 4 aromatic rings. The molecule has 1 heterocycles. The number of nitrogens with zero attached hydrogens (tertiary/aromatic N) is 1. The van der Waals surface area contributed by atoms with Gasteiger partial charge in [0.2, 0.25) is 0 Å². The van der Waals surface area contributed by atoms with Crippen LogP contribution in [0.3, 0.4) is 0 Å². The summed E-state index contributed by atoms with van der Waals surface area (Å²) in [4.78, 5) is 0. The number of benzene rings is 3. The zero-order chi connectivity index (χ0) is 18.6. The lowest BCUT2D eigenvalue weighted by molar-refractivity contribution is 0.626. The van der Waals surface area contributed by atoms with Crippen LogP contribution in [0.4, 0.5) is 4.39 Å². The second kappa shape index (κ2) is 7.77. The Kier molecular flexibility index (Phi) is 5.03. The number of nitrogens with one attached hydrogen (secondary N) is 1. The van der Waals surface area contributed by atoms with E-state index in [1.165, 1.54) is 39.7 Å². The molecule has 0 amide bonds.